The molecule has 118 valence electrons. The Hall–Kier alpha value is -2.62. The molecule has 1 aliphatic rings. The number of amides is 2. The van der Waals surface area contributed by atoms with Gasteiger partial charge in [0.25, 0.3) is 5.91 Å². The predicted octanol–water partition coefficient (Wildman–Crippen LogP) is 2.56. The van der Waals surface area contributed by atoms with E-state index in [1.54, 1.807) is 24.3 Å². The SMILES string of the molecule is Cc1ccccc1C1(CNC(=O)c2ccc(C(N)=O)cc2)CC1. The van der Waals surface area contributed by atoms with E-state index in [0.717, 1.165) is 12.8 Å². The van der Waals surface area contributed by atoms with Crippen molar-refractivity contribution in [2.45, 2.75) is 25.2 Å². The number of carbonyl (C=O) groups excluding carboxylic acids is 2. The predicted molar refractivity (Wildman–Crippen MR) is 89.4 cm³/mol. The largest absolute Gasteiger partial charge is 0.366 e. The number of nitrogens with one attached hydrogen (secondary N) is 1. The Labute approximate surface area is 135 Å². The molecule has 3 rings (SSSR count). The first-order valence-corrected chi connectivity index (χ1v) is 7.76. The van der Waals surface area contributed by atoms with E-state index in [4.69, 9.17) is 5.73 Å². The van der Waals surface area contributed by atoms with Gasteiger partial charge in [0.05, 0.1) is 0 Å². The first kappa shape index (κ1) is 15.3. The van der Waals surface area contributed by atoms with Crippen molar-refractivity contribution in [3.63, 3.8) is 0 Å². The van der Waals surface area contributed by atoms with Crippen LogP contribution in [0.5, 0.6) is 0 Å². The summed E-state index contributed by atoms with van der Waals surface area (Å²) in [6, 6.07) is 14.7. The van der Waals surface area contributed by atoms with Gasteiger partial charge in [0.1, 0.15) is 0 Å². The molecule has 0 aliphatic heterocycles. The molecule has 1 fully saturated rings. The Bertz CT molecular complexity index is 746. The fourth-order valence-electron chi connectivity index (χ4n) is 3.00. The molecule has 1 aliphatic carbocycles. The van der Waals surface area contributed by atoms with Gasteiger partial charge in [-0.1, -0.05) is 24.3 Å². The highest BCUT2D eigenvalue weighted by Crippen LogP contribution is 2.48. The Morgan fingerprint density at radius 2 is 1.65 bits per heavy atom. The summed E-state index contributed by atoms with van der Waals surface area (Å²) in [5.41, 5.74) is 8.81. The molecule has 0 unspecified atom stereocenters. The molecule has 2 amide bonds. The van der Waals surface area contributed by atoms with Crippen LogP contribution < -0.4 is 11.1 Å². The average molecular weight is 308 g/mol. The minimum atomic E-state index is -0.492. The van der Waals surface area contributed by atoms with Crippen molar-refractivity contribution < 1.29 is 9.59 Å². The summed E-state index contributed by atoms with van der Waals surface area (Å²) in [5.74, 6) is -0.616. The van der Waals surface area contributed by atoms with Gasteiger partial charge in [0.15, 0.2) is 0 Å². The van der Waals surface area contributed by atoms with E-state index in [0.29, 0.717) is 17.7 Å². The molecule has 0 aromatic heterocycles. The van der Waals surface area contributed by atoms with Crippen LogP contribution in [0, 0.1) is 6.92 Å². The highest BCUT2D eigenvalue weighted by molar-refractivity contribution is 5.97. The summed E-state index contributed by atoms with van der Waals surface area (Å²) in [6.45, 7) is 2.74. The van der Waals surface area contributed by atoms with Crippen LogP contribution >= 0.6 is 0 Å². The maximum absolute atomic E-state index is 12.3. The Morgan fingerprint density at radius 1 is 1.04 bits per heavy atom. The monoisotopic (exact) mass is 308 g/mol. The van der Waals surface area contributed by atoms with Gasteiger partial charge in [-0.05, 0) is 55.2 Å². The van der Waals surface area contributed by atoms with E-state index < -0.39 is 5.91 Å². The van der Waals surface area contributed by atoms with Gasteiger partial charge in [-0.3, -0.25) is 9.59 Å². The van der Waals surface area contributed by atoms with Crippen LogP contribution in [-0.4, -0.2) is 18.4 Å². The standard InChI is InChI=1S/C19H20N2O2/c1-13-4-2-3-5-16(13)19(10-11-19)12-21-18(23)15-8-6-14(7-9-15)17(20)22/h2-9H,10-12H2,1H3,(H2,20,22)(H,21,23). The normalized spacial score (nSPS) is 15.0. The van der Waals surface area contributed by atoms with Gasteiger partial charge in [-0.15, -0.1) is 0 Å². The molecule has 0 saturated heterocycles. The third-order valence-electron chi connectivity index (χ3n) is 4.59. The van der Waals surface area contributed by atoms with Crippen LogP contribution in [0.3, 0.4) is 0 Å². The van der Waals surface area contributed by atoms with Crippen LogP contribution in [0.25, 0.3) is 0 Å². The smallest absolute Gasteiger partial charge is 0.251 e. The van der Waals surface area contributed by atoms with Gasteiger partial charge in [0, 0.05) is 23.1 Å². The third-order valence-corrected chi connectivity index (χ3v) is 4.59. The summed E-state index contributed by atoms with van der Waals surface area (Å²) in [6.07, 6.45) is 2.19. The molecule has 0 atom stereocenters. The molecule has 0 heterocycles. The summed E-state index contributed by atoms with van der Waals surface area (Å²) in [7, 11) is 0. The molecular formula is C19H20N2O2. The Balaban J connectivity index is 1.67. The molecule has 1 saturated carbocycles. The van der Waals surface area contributed by atoms with E-state index in [2.05, 4.69) is 24.4 Å². The topological polar surface area (TPSA) is 72.2 Å². The molecule has 2 aromatic carbocycles. The van der Waals surface area contributed by atoms with Crippen molar-refractivity contribution >= 4 is 11.8 Å². The fraction of sp³-hybridized carbons (Fsp3) is 0.263. The molecule has 3 N–H and O–H groups in total. The second-order valence-electron chi connectivity index (χ2n) is 6.22. The maximum atomic E-state index is 12.3. The van der Waals surface area contributed by atoms with E-state index >= 15 is 0 Å². The van der Waals surface area contributed by atoms with Crippen molar-refractivity contribution in [1.29, 1.82) is 0 Å². The van der Waals surface area contributed by atoms with Crippen LogP contribution in [0.15, 0.2) is 48.5 Å². The van der Waals surface area contributed by atoms with Crippen molar-refractivity contribution in [2.24, 2.45) is 5.73 Å². The molecule has 0 bridgehead atoms. The number of rotatable bonds is 5. The summed E-state index contributed by atoms with van der Waals surface area (Å²) < 4.78 is 0. The highest BCUT2D eigenvalue weighted by atomic mass is 16.2. The van der Waals surface area contributed by atoms with E-state index in [1.807, 2.05) is 12.1 Å². The first-order chi connectivity index (χ1) is 11.0. The van der Waals surface area contributed by atoms with Crippen molar-refractivity contribution in [3.8, 4) is 0 Å². The van der Waals surface area contributed by atoms with Gasteiger partial charge < -0.3 is 11.1 Å². The number of benzene rings is 2. The van der Waals surface area contributed by atoms with Gasteiger partial charge in [-0.2, -0.15) is 0 Å². The zero-order valence-electron chi connectivity index (χ0n) is 13.1. The number of nitrogens with two attached hydrogens (primary N) is 1. The maximum Gasteiger partial charge on any atom is 0.251 e. The lowest BCUT2D eigenvalue weighted by atomic mass is 9.92. The Morgan fingerprint density at radius 3 is 2.22 bits per heavy atom. The minimum absolute atomic E-state index is 0.0775. The van der Waals surface area contributed by atoms with Crippen molar-refractivity contribution in [2.75, 3.05) is 6.54 Å². The summed E-state index contributed by atoms with van der Waals surface area (Å²) >= 11 is 0. The lowest BCUT2D eigenvalue weighted by molar-refractivity contribution is 0.0947. The summed E-state index contributed by atoms with van der Waals surface area (Å²) in [4.78, 5) is 23.3. The number of hydrogen-bond acceptors (Lipinski definition) is 2. The van der Waals surface area contributed by atoms with Crippen LogP contribution in [0.2, 0.25) is 0 Å². The van der Waals surface area contributed by atoms with Crippen LogP contribution in [0.4, 0.5) is 0 Å². The molecule has 0 spiro atoms. The van der Waals surface area contributed by atoms with Crippen molar-refractivity contribution in [3.05, 3.63) is 70.8 Å². The quantitative estimate of drug-likeness (QED) is 0.891. The third kappa shape index (κ3) is 3.11. The molecule has 4 heteroatoms. The Kier molecular flexibility index (Phi) is 3.90. The number of primary amides is 1. The first-order valence-electron chi connectivity index (χ1n) is 7.76. The van der Waals surface area contributed by atoms with Crippen LogP contribution in [-0.2, 0) is 5.41 Å². The molecular weight excluding hydrogens is 288 g/mol. The van der Waals surface area contributed by atoms with Crippen LogP contribution in [0.1, 0.15) is 44.7 Å². The average Bonchev–Trinajstić information content (AvgIpc) is 3.34. The zero-order chi connectivity index (χ0) is 16.4. The highest BCUT2D eigenvalue weighted by Gasteiger charge is 2.45. The van der Waals surface area contributed by atoms with Gasteiger partial charge >= 0.3 is 0 Å². The van der Waals surface area contributed by atoms with Crippen molar-refractivity contribution in [1.82, 2.24) is 5.32 Å². The number of carbonyl (C=O) groups is 2. The van der Waals surface area contributed by atoms with E-state index in [-0.39, 0.29) is 11.3 Å². The molecule has 23 heavy (non-hydrogen) atoms. The second kappa shape index (κ2) is 5.88. The summed E-state index contributed by atoms with van der Waals surface area (Å²) in [5, 5.41) is 3.02. The lowest BCUT2D eigenvalue weighted by Gasteiger charge is -2.19. The van der Waals surface area contributed by atoms with Gasteiger partial charge in [0.2, 0.25) is 5.91 Å². The van der Waals surface area contributed by atoms with Gasteiger partial charge in [-0.25, -0.2) is 0 Å². The fourth-order valence-corrected chi connectivity index (χ4v) is 3.00. The zero-order valence-corrected chi connectivity index (χ0v) is 13.1. The number of hydrogen-bond donors (Lipinski definition) is 2. The van der Waals surface area contributed by atoms with E-state index in [1.165, 1.54) is 11.1 Å². The molecule has 2 aromatic rings. The van der Waals surface area contributed by atoms with E-state index in [9.17, 15) is 9.59 Å². The lowest BCUT2D eigenvalue weighted by Crippen LogP contribution is -2.32. The number of aryl methyl sites for hydroxylation is 1. The minimum Gasteiger partial charge on any atom is -0.366 e. The molecule has 0 radical (unpaired) electrons. The molecule has 4 nitrogen and oxygen atoms in total. The second-order valence-corrected chi connectivity index (χ2v) is 6.22.